The largest absolute Gasteiger partial charge is 0.480 e. The quantitative estimate of drug-likeness (QED) is 0.636. The lowest BCUT2D eigenvalue weighted by Gasteiger charge is -2.29. The van der Waals surface area contributed by atoms with Crippen LogP contribution in [0.5, 0.6) is 0 Å². The molecule has 0 saturated heterocycles. The third kappa shape index (κ3) is 6.98. The molecule has 1 amide bonds. The number of nitriles is 2. The molecule has 8 heteroatoms. The zero-order chi connectivity index (χ0) is 16.5. The second-order valence-corrected chi connectivity index (χ2v) is 6.53. The van der Waals surface area contributed by atoms with E-state index in [2.05, 4.69) is 0 Å². The number of hydrogen-bond donors (Lipinski definition) is 2. The van der Waals surface area contributed by atoms with Crippen molar-refractivity contribution in [3.63, 3.8) is 0 Å². The number of hydrogen-bond acceptors (Lipinski definition) is 6. The molecule has 0 aromatic carbocycles. The van der Waals surface area contributed by atoms with E-state index in [1.54, 1.807) is 13.8 Å². The normalized spacial score (nSPS) is 12.0. The summed E-state index contributed by atoms with van der Waals surface area (Å²) in [6.07, 6.45) is 0.389. The third-order valence-electron chi connectivity index (χ3n) is 2.92. The predicted octanol–water partition coefficient (Wildman–Crippen LogP) is 0.566. The van der Waals surface area contributed by atoms with Crippen LogP contribution in [0.4, 0.5) is 0 Å². The fraction of sp³-hybridized carbons (Fsp3) is 0.692. The molecule has 0 rings (SSSR count). The zero-order valence-corrected chi connectivity index (χ0v) is 13.0. The van der Waals surface area contributed by atoms with E-state index < -0.39 is 16.8 Å². The average molecular weight is 312 g/mol. The lowest BCUT2D eigenvalue weighted by molar-refractivity contribution is -0.139. The van der Waals surface area contributed by atoms with Gasteiger partial charge in [0.2, 0.25) is 5.91 Å². The summed E-state index contributed by atoms with van der Waals surface area (Å²) >= 11 is 1.16. The highest BCUT2D eigenvalue weighted by Crippen LogP contribution is 2.27. The van der Waals surface area contributed by atoms with Gasteiger partial charge in [0.05, 0.1) is 30.7 Å². The number of nitrogens with two attached hydrogens (primary N) is 1. The number of amides is 1. The van der Waals surface area contributed by atoms with E-state index >= 15 is 0 Å². The first-order valence-corrected chi connectivity index (χ1v) is 7.38. The monoisotopic (exact) mass is 312 g/mol. The van der Waals surface area contributed by atoms with E-state index in [0.717, 1.165) is 11.8 Å². The SMILES string of the molecule is CC(C)(SCC(=O)N(CCC#N)CCC#N)[C@@H](N)C(=O)O. The standard InChI is InChI=1S/C13H20N4O3S/c1-13(2,11(16)12(19)20)21-9-10(18)17(7-3-5-14)8-4-6-15/h11H,3-4,7-9,16H2,1-2H3,(H,19,20)/t11-/m0/s1. The van der Waals surface area contributed by atoms with Gasteiger partial charge in [0.1, 0.15) is 6.04 Å². The van der Waals surface area contributed by atoms with E-state index in [1.165, 1.54) is 4.90 Å². The van der Waals surface area contributed by atoms with Crippen molar-refractivity contribution >= 4 is 23.6 Å². The van der Waals surface area contributed by atoms with Gasteiger partial charge in [-0.1, -0.05) is 0 Å². The first-order chi connectivity index (χ1) is 9.76. The van der Waals surface area contributed by atoms with Gasteiger partial charge in [0, 0.05) is 17.8 Å². The number of carbonyl (C=O) groups excluding carboxylic acids is 1. The van der Waals surface area contributed by atoms with Gasteiger partial charge in [-0.15, -0.1) is 11.8 Å². The topological polar surface area (TPSA) is 131 Å². The van der Waals surface area contributed by atoms with Crippen molar-refractivity contribution < 1.29 is 14.7 Å². The van der Waals surface area contributed by atoms with Gasteiger partial charge in [-0.05, 0) is 13.8 Å². The Labute approximate surface area is 128 Å². The molecule has 21 heavy (non-hydrogen) atoms. The molecule has 0 radical (unpaired) electrons. The van der Waals surface area contributed by atoms with Crippen molar-refractivity contribution in [3.05, 3.63) is 0 Å². The molecule has 0 aliphatic heterocycles. The second-order valence-electron chi connectivity index (χ2n) is 4.91. The van der Waals surface area contributed by atoms with Gasteiger partial charge in [0.25, 0.3) is 0 Å². The minimum absolute atomic E-state index is 0.0604. The molecule has 3 N–H and O–H groups in total. The molecule has 7 nitrogen and oxygen atoms in total. The molecule has 0 unspecified atom stereocenters. The molecule has 1 atom stereocenters. The van der Waals surface area contributed by atoms with Crippen molar-refractivity contribution in [3.8, 4) is 12.1 Å². The Bertz CT molecular complexity index is 435. The molecule has 0 aromatic heterocycles. The Morgan fingerprint density at radius 1 is 1.29 bits per heavy atom. The van der Waals surface area contributed by atoms with Gasteiger partial charge >= 0.3 is 5.97 Å². The first-order valence-electron chi connectivity index (χ1n) is 6.40. The molecule has 116 valence electrons. The Morgan fingerprint density at radius 2 is 1.76 bits per heavy atom. The summed E-state index contributed by atoms with van der Waals surface area (Å²) in [4.78, 5) is 24.4. The summed E-state index contributed by atoms with van der Waals surface area (Å²) in [6.45, 7) is 3.86. The van der Waals surface area contributed by atoms with E-state index in [0.29, 0.717) is 0 Å². The summed E-state index contributed by atoms with van der Waals surface area (Å²) in [5.41, 5.74) is 5.59. The van der Waals surface area contributed by atoms with Crippen molar-refractivity contribution in [2.24, 2.45) is 5.73 Å². The molecule has 0 aliphatic rings. The number of nitrogens with zero attached hydrogens (tertiary/aromatic N) is 3. The summed E-state index contributed by atoms with van der Waals surface area (Å²) in [5.74, 6) is -1.29. The van der Waals surface area contributed by atoms with Crippen molar-refractivity contribution in [1.29, 1.82) is 10.5 Å². The Hall–Kier alpha value is -1.77. The number of carboxylic acids is 1. The minimum Gasteiger partial charge on any atom is -0.480 e. The Balaban J connectivity index is 4.58. The smallest absolute Gasteiger partial charge is 0.321 e. The molecular formula is C13H20N4O3S. The summed E-state index contributed by atoms with van der Waals surface area (Å²) in [5, 5.41) is 26.1. The number of aliphatic carboxylic acids is 1. The van der Waals surface area contributed by atoms with Crippen LogP contribution in [0.1, 0.15) is 26.7 Å². The second kappa shape index (κ2) is 9.22. The maximum Gasteiger partial charge on any atom is 0.321 e. The van der Waals surface area contributed by atoms with E-state index in [9.17, 15) is 9.59 Å². The van der Waals surface area contributed by atoms with Crippen LogP contribution >= 0.6 is 11.8 Å². The molecule has 0 aromatic rings. The summed E-state index contributed by atoms with van der Waals surface area (Å²) in [7, 11) is 0. The number of rotatable bonds is 9. The molecule has 0 bridgehead atoms. The van der Waals surface area contributed by atoms with Crippen LogP contribution in [0.15, 0.2) is 0 Å². The van der Waals surface area contributed by atoms with Crippen LogP contribution in [-0.2, 0) is 9.59 Å². The van der Waals surface area contributed by atoms with Crippen LogP contribution in [0.25, 0.3) is 0 Å². The van der Waals surface area contributed by atoms with Crippen molar-refractivity contribution in [2.45, 2.75) is 37.5 Å². The number of thioether (sulfide) groups is 1. The number of carboxylic acid groups (broad SMARTS) is 1. The first kappa shape index (κ1) is 19.2. The summed E-state index contributed by atoms with van der Waals surface area (Å²) in [6, 6.07) is 2.83. The molecular weight excluding hydrogens is 292 g/mol. The van der Waals surface area contributed by atoms with Gasteiger partial charge in [-0.2, -0.15) is 10.5 Å². The van der Waals surface area contributed by atoms with Crippen LogP contribution in [0.3, 0.4) is 0 Å². The fourth-order valence-corrected chi connectivity index (χ4v) is 2.42. The average Bonchev–Trinajstić information content (AvgIpc) is 2.44. The van der Waals surface area contributed by atoms with E-state index in [1.807, 2.05) is 12.1 Å². The Kier molecular flexibility index (Phi) is 8.44. The van der Waals surface area contributed by atoms with Crippen LogP contribution < -0.4 is 5.73 Å². The highest BCUT2D eigenvalue weighted by Gasteiger charge is 2.33. The van der Waals surface area contributed by atoms with Gasteiger partial charge < -0.3 is 15.7 Å². The van der Waals surface area contributed by atoms with Crippen molar-refractivity contribution in [2.75, 3.05) is 18.8 Å². The highest BCUT2D eigenvalue weighted by molar-refractivity contribution is 8.01. The van der Waals surface area contributed by atoms with Crippen LogP contribution in [0, 0.1) is 22.7 Å². The fourth-order valence-electron chi connectivity index (χ4n) is 1.46. The van der Waals surface area contributed by atoms with Crippen LogP contribution in [0.2, 0.25) is 0 Å². The molecule has 0 spiro atoms. The van der Waals surface area contributed by atoms with Gasteiger partial charge in [-0.25, -0.2) is 0 Å². The maximum atomic E-state index is 12.1. The summed E-state index contributed by atoms with van der Waals surface area (Å²) < 4.78 is -0.794. The predicted molar refractivity (Wildman–Crippen MR) is 79.2 cm³/mol. The molecule has 0 heterocycles. The minimum atomic E-state index is -1.12. The molecule has 0 fully saturated rings. The lowest BCUT2D eigenvalue weighted by Crippen LogP contribution is -2.47. The highest BCUT2D eigenvalue weighted by atomic mass is 32.2. The third-order valence-corrected chi connectivity index (χ3v) is 4.31. The molecule has 0 saturated carbocycles. The van der Waals surface area contributed by atoms with Gasteiger partial charge in [0.15, 0.2) is 0 Å². The van der Waals surface area contributed by atoms with Gasteiger partial charge in [-0.3, -0.25) is 9.59 Å². The maximum absolute atomic E-state index is 12.1. The Morgan fingerprint density at radius 3 is 2.14 bits per heavy atom. The van der Waals surface area contributed by atoms with Crippen LogP contribution in [-0.4, -0.2) is 51.5 Å². The van der Waals surface area contributed by atoms with Crippen molar-refractivity contribution in [1.82, 2.24) is 4.90 Å². The number of carbonyl (C=O) groups is 2. The zero-order valence-electron chi connectivity index (χ0n) is 12.2. The van der Waals surface area contributed by atoms with E-state index in [-0.39, 0.29) is 37.6 Å². The molecule has 0 aliphatic carbocycles. The van der Waals surface area contributed by atoms with E-state index in [4.69, 9.17) is 21.4 Å². The lowest BCUT2D eigenvalue weighted by atomic mass is 10.1.